The minimum Gasteiger partial charge on any atom is -0.351 e. The molecule has 0 fully saturated rings. The number of nitrogens with zero attached hydrogens (tertiary/aromatic N) is 2. The van der Waals surface area contributed by atoms with Gasteiger partial charge in [0.15, 0.2) is 6.29 Å². The first-order valence-electron chi connectivity index (χ1n) is 5.52. The predicted octanol–water partition coefficient (Wildman–Crippen LogP) is 2.98. The molecule has 0 aliphatic rings. The molecule has 0 saturated carbocycles. The van der Waals surface area contributed by atoms with Gasteiger partial charge in [-0.3, -0.25) is 4.79 Å². The highest BCUT2D eigenvalue weighted by Crippen LogP contribution is 2.19. The summed E-state index contributed by atoms with van der Waals surface area (Å²) in [5, 5.41) is 2.06. The van der Waals surface area contributed by atoms with Crippen LogP contribution in [0.2, 0.25) is 0 Å². The largest absolute Gasteiger partial charge is 0.351 e. The molecule has 0 spiro atoms. The summed E-state index contributed by atoms with van der Waals surface area (Å²) in [5.41, 5.74) is 0.644. The Hall–Kier alpha value is -1.68. The van der Waals surface area contributed by atoms with Crippen molar-refractivity contribution in [2.45, 2.75) is 13.5 Å². The van der Waals surface area contributed by atoms with E-state index >= 15 is 0 Å². The van der Waals surface area contributed by atoms with Crippen molar-refractivity contribution in [1.29, 1.82) is 0 Å². The predicted molar refractivity (Wildman–Crippen MR) is 70.7 cm³/mol. The van der Waals surface area contributed by atoms with Crippen molar-refractivity contribution in [2.75, 3.05) is 11.4 Å². The summed E-state index contributed by atoms with van der Waals surface area (Å²) >= 11 is 1.72. The second kappa shape index (κ2) is 5.59. The molecule has 0 amide bonds. The molecule has 0 atom stereocenters. The van der Waals surface area contributed by atoms with Crippen LogP contribution in [0.4, 0.5) is 5.82 Å². The van der Waals surface area contributed by atoms with Gasteiger partial charge in [-0.2, -0.15) is 0 Å². The number of aldehydes is 1. The molecule has 4 heteroatoms. The Labute approximate surface area is 105 Å². The van der Waals surface area contributed by atoms with Crippen LogP contribution in [0.3, 0.4) is 0 Å². The van der Waals surface area contributed by atoms with Crippen molar-refractivity contribution in [3.8, 4) is 0 Å². The van der Waals surface area contributed by atoms with Crippen LogP contribution in [0.1, 0.15) is 22.2 Å². The lowest BCUT2D eigenvalue weighted by atomic mass is 10.2. The van der Waals surface area contributed by atoms with E-state index in [9.17, 15) is 4.79 Å². The number of thiophene rings is 1. The average molecular weight is 246 g/mol. The minimum absolute atomic E-state index is 0.644. The number of carbonyl (C=O) groups excluding carboxylic acids is 1. The van der Waals surface area contributed by atoms with Gasteiger partial charge in [-0.25, -0.2) is 4.98 Å². The highest BCUT2D eigenvalue weighted by molar-refractivity contribution is 7.09. The van der Waals surface area contributed by atoms with E-state index in [0.717, 1.165) is 25.2 Å². The first-order chi connectivity index (χ1) is 8.35. The van der Waals surface area contributed by atoms with Crippen LogP contribution >= 0.6 is 11.3 Å². The zero-order chi connectivity index (χ0) is 12.1. The Bertz CT molecular complexity index is 482. The Morgan fingerprint density at radius 1 is 1.41 bits per heavy atom. The number of pyridine rings is 1. The molecule has 0 aliphatic heterocycles. The lowest BCUT2D eigenvalue weighted by molar-refractivity contribution is 0.112. The van der Waals surface area contributed by atoms with Crippen LogP contribution in [0, 0.1) is 0 Å². The van der Waals surface area contributed by atoms with Crippen LogP contribution in [-0.2, 0) is 6.54 Å². The molecule has 0 radical (unpaired) electrons. The van der Waals surface area contributed by atoms with E-state index in [-0.39, 0.29) is 0 Å². The van der Waals surface area contributed by atoms with Gasteiger partial charge in [0.25, 0.3) is 0 Å². The monoisotopic (exact) mass is 246 g/mol. The van der Waals surface area contributed by atoms with Gasteiger partial charge in [-0.05, 0) is 30.5 Å². The maximum absolute atomic E-state index is 11.0. The molecule has 0 unspecified atom stereocenters. The van der Waals surface area contributed by atoms with Gasteiger partial charge in [0.05, 0.1) is 12.1 Å². The summed E-state index contributed by atoms with van der Waals surface area (Å²) in [6.07, 6.45) is 2.58. The van der Waals surface area contributed by atoms with Crippen LogP contribution in [0.15, 0.2) is 35.8 Å². The quantitative estimate of drug-likeness (QED) is 0.760. The molecule has 2 aromatic rings. The highest BCUT2D eigenvalue weighted by atomic mass is 32.1. The Balaban J connectivity index is 2.25. The average Bonchev–Trinajstić information content (AvgIpc) is 2.89. The van der Waals surface area contributed by atoms with Crippen molar-refractivity contribution in [3.05, 3.63) is 46.3 Å². The van der Waals surface area contributed by atoms with E-state index in [4.69, 9.17) is 0 Å². The second-order valence-electron chi connectivity index (χ2n) is 3.63. The zero-order valence-electron chi connectivity index (χ0n) is 9.67. The maximum atomic E-state index is 11.0. The third kappa shape index (κ3) is 2.71. The third-order valence-electron chi connectivity index (χ3n) is 2.55. The molecule has 0 N–H and O–H groups in total. The molecule has 0 bridgehead atoms. The Morgan fingerprint density at radius 2 is 2.29 bits per heavy atom. The van der Waals surface area contributed by atoms with Crippen molar-refractivity contribution >= 4 is 23.4 Å². The number of anilines is 1. The molecular formula is C13H14N2OS. The van der Waals surface area contributed by atoms with Crippen LogP contribution in [0.5, 0.6) is 0 Å². The molecule has 0 aromatic carbocycles. The van der Waals surface area contributed by atoms with Crippen molar-refractivity contribution in [1.82, 2.24) is 4.98 Å². The fourth-order valence-electron chi connectivity index (χ4n) is 1.69. The van der Waals surface area contributed by atoms with Gasteiger partial charge >= 0.3 is 0 Å². The van der Waals surface area contributed by atoms with Gasteiger partial charge < -0.3 is 4.90 Å². The number of hydrogen-bond acceptors (Lipinski definition) is 4. The third-order valence-corrected chi connectivity index (χ3v) is 3.41. The Morgan fingerprint density at radius 3 is 2.94 bits per heavy atom. The zero-order valence-corrected chi connectivity index (χ0v) is 10.5. The summed E-state index contributed by atoms with van der Waals surface area (Å²) in [4.78, 5) is 18.7. The maximum Gasteiger partial charge on any atom is 0.153 e. The van der Waals surface area contributed by atoms with Gasteiger partial charge in [-0.1, -0.05) is 6.07 Å². The SMILES string of the molecule is CCN(Cc1cccs1)c1ncccc1C=O. The molecular weight excluding hydrogens is 232 g/mol. The first-order valence-corrected chi connectivity index (χ1v) is 6.40. The van der Waals surface area contributed by atoms with Gasteiger partial charge in [-0.15, -0.1) is 11.3 Å². The second-order valence-corrected chi connectivity index (χ2v) is 4.66. The molecule has 3 nitrogen and oxygen atoms in total. The van der Waals surface area contributed by atoms with Crippen LogP contribution < -0.4 is 4.90 Å². The first kappa shape index (κ1) is 11.8. The fourth-order valence-corrected chi connectivity index (χ4v) is 2.41. The van der Waals surface area contributed by atoms with Crippen LogP contribution in [0.25, 0.3) is 0 Å². The molecule has 2 aromatic heterocycles. The Kier molecular flexibility index (Phi) is 3.88. The van der Waals surface area contributed by atoms with Gasteiger partial charge in [0, 0.05) is 17.6 Å². The summed E-state index contributed by atoms with van der Waals surface area (Å²) < 4.78 is 0. The van der Waals surface area contributed by atoms with Crippen molar-refractivity contribution in [2.24, 2.45) is 0 Å². The van der Waals surface area contributed by atoms with Crippen molar-refractivity contribution < 1.29 is 4.79 Å². The molecule has 88 valence electrons. The van der Waals surface area contributed by atoms with Crippen molar-refractivity contribution in [3.63, 3.8) is 0 Å². The lowest BCUT2D eigenvalue weighted by Crippen LogP contribution is -2.23. The van der Waals surface area contributed by atoms with E-state index < -0.39 is 0 Å². The number of rotatable bonds is 5. The smallest absolute Gasteiger partial charge is 0.153 e. The van der Waals surface area contributed by atoms with E-state index in [0.29, 0.717) is 5.56 Å². The van der Waals surface area contributed by atoms with Gasteiger partial charge in [0.2, 0.25) is 0 Å². The summed E-state index contributed by atoms with van der Waals surface area (Å²) in [7, 11) is 0. The molecule has 0 saturated heterocycles. The van der Waals surface area contributed by atoms with Crippen LogP contribution in [-0.4, -0.2) is 17.8 Å². The lowest BCUT2D eigenvalue weighted by Gasteiger charge is -2.22. The summed E-state index contributed by atoms with van der Waals surface area (Å²) in [6, 6.07) is 7.71. The molecule has 0 aliphatic carbocycles. The van der Waals surface area contributed by atoms with E-state index in [1.54, 1.807) is 29.7 Å². The molecule has 2 heterocycles. The minimum atomic E-state index is 0.644. The fraction of sp³-hybridized carbons (Fsp3) is 0.231. The normalized spacial score (nSPS) is 10.2. The number of carbonyl (C=O) groups is 1. The van der Waals surface area contributed by atoms with E-state index in [1.807, 2.05) is 6.07 Å². The standard InChI is InChI=1S/C13H14N2OS/c1-2-15(9-12-6-4-8-17-12)13-11(10-16)5-3-7-14-13/h3-8,10H,2,9H2,1H3. The summed E-state index contributed by atoms with van der Waals surface area (Å²) in [5.74, 6) is 0.762. The van der Waals surface area contributed by atoms with E-state index in [1.165, 1.54) is 4.88 Å². The van der Waals surface area contributed by atoms with Gasteiger partial charge in [0.1, 0.15) is 5.82 Å². The van der Waals surface area contributed by atoms with E-state index in [2.05, 4.69) is 28.3 Å². The molecule has 17 heavy (non-hydrogen) atoms. The topological polar surface area (TPSA) is 33.2 Å². The molecule has 2 rings (SSSR count). The summed E-state index contributed by atoms with van der Waals surface area (Å²) in [6.45, 7) is 3.69. The highest BCUT2D eigenvalue weighted by Gasteiger charge is 2.11. The number of aromatic nitrogens is 1. The number of hydrogen-bond donors (Lipinski definition) is 0.